The first kappa shape index (κ1) is 26.8. The zero-order valence-electron chi connectivity index (χ0n) is 19.8. The first-order valence-electron chi connectivity index (χ1n) is 11.7. The quantitative estimate of drug-likeness (QED) is 0.276. The van der Waals surface area contributed by atoms with Gasteiger partial charge in [0.2, 0.25) is 5.91 Å². The third-order valence-electron chi connectivity index (χ3n) is 5.53. The number of benzene rings is 3. The van der Waals surface area contributed by atoms with E-state index in [0.29, 0.717) is 23.7 Å². The molecule has 0 saturated heterocycles. The van der Waals surface area contributed by atoms with E-state index in [0.717, 1.165) is 28.4 Å². The molecule has 184 valence electrons. The van der Waals surface area contributed by atoms with Gasteiger partial charge < -0.3 is 15.0 Å². The number of nitrogens with zero attached hydrogens (tertiary/aromatic N) is 1. The first-order chi connectivity index (χ1) is 17.0. The van der Waals surface area contributed by atoms with Gasteiger partial charge in [-0.2, -0.15) is 0 Å². The Bertz CT molecular complexity index is 1110. The maximum Gasteiger partial charge on any atom is 0.261 e. The Morgan fingerprint density at radius 2 is 1.71 bits per heavy atom. The molecular formula is C28H30BrClN2O3. The van der Waals surface area contributed by atoms with E-state index in [2.05, 4.69) is 28.2 Å². The van der Waals surface area contributed by atoms with Gasteiger partial charge in [-0.25, -0.2) is 0 Å². The molecule has 0 aliphatic heterocycles. The molecule has 0 saturated carbocycles. The van der Waals surface area contributed by atoms with Crippen molar-refractivity contribution < 1.29 is 14.3 Å². The molecule has 0 fully saturated rings. The maximum atomic E-state index is 13.5. The predicted octanol–water partition coefficient (Wildman–Crippen LogP) is 6.04. The largest absolute Gasteiger partial charge is 0.482 e. The van der Waals surface area contributed by atoms with Crippen molar-refractivity contribution in [1.82, 2.24) is 10.2 Å². The zero-order valence-corrected chi connectivity index (χ0v) is 22.1. The fourth-order valence-corrected chi connectivity index (χ4v) is 4.31. The summed E-state index contributed by atoms with van der Waals surface area (Å²) in [7, 11) is 0. The molecule has 3 aromatic rings. The van der Waals surface area contributed by atoms with Gasteiger partial charge in [0.15, 0.2) is 6.61 Å². The van der Waals surface area contributed by atoms with Crippen molar-refractivity contribution in [2.75, 3.05) is 13.2 Å². The summed E-state index contributed by atoms with van der Waals surface area (Å²) in [5.74, 6) is -0.0446. The zero-order chi connectivity index (χ0) is 25.0. The lowest BCUT2D eigenvalue weighted by molar-refractivity contribution is -0.142. The van der Waals surface area contributed by atoms with Crippen LogP contribution in [0.15, 0.2) is 83.3 Å². The summed E-state index contributed by atoms with van der Waals surface area (Å²) < 4.78 is 6.66. The van der Waals surface area contributed by atoms with Gasteiger partial charge in [0, 0.05) is 24.0 Å². The summed E-state index contributed by atoms with van der Waals surface area (Å²) in [4.78, 5) is 28.5. The average Bonchev–Trinajstić information content (AvgIpc) is 2.86. The smallest absolute Gasteiger partial charge is 0.261 e. The molecule has 1 atom stereocenters. The van der Waals surface area contributed by atoms with Gasteiger partial charge in [-0.1, -0.05) is 95.5 Å². The summed E-state index contributed by atoms with van der Waals surface area (Å²) in [6, 6.07) is 23.8. The molecule has 0 aromatic heterocycles. The molecular weight excluding hydrogens is 528 g/mol. The third-order valence-corrected chi connectivity index (χ3v) is 6.34. The lowest BCUT2D eigenvalue weighted by atomic mass is 10.0. The Kier molecular flexibility index (Phi) is 10.6. The van der Waals surface area contributed by atoms with Crippen molar-refractivity contribution in [3.63, 3.8) is 0 Å². The normalized spacial score (nSPS) is 11.5. The van der Waals surface area contributed by atoms with Crippen LogP contribution >= 0.6 is 27.5 Å². The number of amides is 2. The highest BCUT2D eigenvalue weighted by atomic mass is 79.9. The van der Waals surface area contributed by atoms with Crippen LogP contribution in [0.1, 0.15) is 30.9 Å². The molecule has 5 nitrogen and oxygen atoms in total. The van der Waals surface area contributed by atoms with Crippen molar-refractivity contribution in [2.24, 2.45) is 0 Å². The number of hydrogen-bond acceptors (Lipinski definition) is 3. The van der Waals surface area contributed by atoms with Crippen molar-refractivity contribution in [2.45, 2.75) is 38.8 Å². The van der Waals surface area contributed by atoms with Crippen molar-refractivity contribution in [3.8, 4) is 5.75 Å². The number of nitrogens with one attached hydrogen (secondary N) is 1. The van der Waals surface area contributed by atoms with Crippen LogP contribution in [-0.4, -0.2) is 35.9 Å². The molecule has 0 aliphatic rings. The molecule has 7 heteroatoms. The number of rotatable bonds is 12. The first-order valence-corrected chi connectivity index (χ1v) is 12.9. The molecule has 3 aromatic carbocycles. The van der Waals surface area contributed by atoms with Crippen molar-refractivity contribution in [1.29, 1.82) is 0 Å². The van der Waals surface area contributed by atoms with E-state index < -0.39 is 6.04 Å². The molecule has 1 unspecified atom stereocenters. The summed E-state index contributed by atoms with van der Waals surface area (Å²) >= 11 is 9.70. The molecule has 3 rings (SSSR count). The number of carbonyl (C=O) groups is 2. The lowest BCUT2D eigenvalue weighted by Crippen LogP contribution is -2.51. The number of hydrogen-bond donors (Lipinski definition) is 1. The second-order valence-corrected chi connectivity index (χ2v) is 9.54. The highest BCUT2D eigenvalue weighted by Crippen LogP contribution is 2.24. The Hall–Kier alpha value is -2.83. The van der Waals surface area contributed by atoms with Crippen LogP contribution in [0.5, 0.6) is 5.75 Å². The molecule has 0 radical (unpaired) electrons. The number of halogens is 2. The van der Waals surface area contributed by atoms with Crippen LogP contribution in [0.25, 0.3) is 0 Å². The second kappa shape index (κ2) is 13.9. The number of para-hydroxylation sites is 1. The standard InChI is InChI=1S/C28H30BrClN2O3/c1-2-3-16-31-28(34)25(18-21-10-5-4-6-11-21)32(19-22-12-9-13-23(29)17-22)27(33)20-35-26-15-8-7-14-24(26)30/h4-15,17,25H,2-3,16,18-20H2,1H3,(H,31,34). The second-order valence-electron chi connectivity index (χ2n) is 8.22. The summed E-state index contributed by atoms with van der Waals surface area (Å²) in [5.41, 5.74) is 1.88. The van der Waals surface area contributed by atoms with Gasteiger partial charge >= 0.3 is 0 Å². The minimum atomic E-state index is -0.699. The molecule has 0 spiro atoms. The van der Waals surface area contributed by atoms with Gasteiger partial charge in [0.25, 0.3) is 5.91 Å². The number of unbranched alkanes of at least 4 members (excludes halogenated alkanes) is 1. The minimum absolute atomic E-state index is 0.177. The fourth-order valence-electron chi connectivity index (χ4n) is 3.68. The van der Waals surface area contributed by atoms with Crippen molar-refractivity contribution in [3.05, 3.63) is 99.5 Å². The molecule has 0 aliphatic carbocycles. The highest BCUT2D eigenvalue weighted by Gasteiger charge is 2.30. The molecule has 0 bridgehead atoms. The maximum absolute atomic E-state index is 13.5. The van der Waals surface area contributed by atoms with E-state index in [9.17, 15) is 9.59 Å². The Labute approximate surface area is 220 Å². The highest BCUT2D eigenvalue weighted by molar-refractivity contribution is 9.10. The van der Waals surface area contributed by atoms with Crippen LogP contribution in [0, 0.1) is 0 Å². The summed E-state index contributed by atoms with van der Waals surface area (Å²) in [6.07, 6.45) is 2.24. The fraction of sp³-hybridized carbons (Fsp3) is 0.286. The van der Waals surface area contributed by atoms with E-state index in [1.807, 2.05) is 54.6 Å². The van der Waals surface area contributed by atoms with E-state index in [4.69, 9.17) is 16.3 Å². The van der Waals surface area contributed by atoms with Gasteiger partial charge in [-0.3, -0.25) is 9.59 Å². The summed E-state index contributed by atoms with van der Waals surface area (Å²) in [6.45, 7) is 2.67. The average molecular weight is 558 g/mol. The van der Waals surface area contributed by atoms with Crippen LogP contribution in [-0.2, 0) is 22.6 Å². The molecule has 1 N–H and O–H groups in total. The monoisotopic (exact) mass is 556 g/mol. The molecule has 2 amide bonds. The summed E-state index contributed by atoms with van der Waals surface area (Å²) in [5, 5.41) is 3.44. The topological polar surface area (TPSA) is 58.6 Å². The van der Waals surface area contributed by atoms with Gasteiger partial charge in [-0.15, -0.1) is 0 Å². The third kappa shape index (κ3) is 8.41. The Balaban J connectivity index is 1.89. The van der Waals surface area contributed by atoms with Gasteiger partial charge in [0.1, 0.15) is 11.8 Å². The lowest BCUT2D eigenvalue weighted by Gasteiger charge is -2.31. The van der Waals surface area contributed by atoms with E-state index in [-0.39, 0.29) is 25.0 Å². The van der Waals surface area contributed by atoms with Crippen LogP contribution in [0.4, 0.5) is 0 Å². The van der Waals surface area contributed by atoms with Crippen molar-refractivity contribution >= 4 is 39.3 Å². The predicted molar refractivity (Wildman–Crippen MR) is 143 cm³/mol. The number of ether oxygens (including phenoxy) is 1. The Morgan fingerprint density at radius 1 is 1.00 bits per heavy atom. The van der Waals surface area contributed by atoms with Crippen LogP contribution < -0.4 is 10.1 Å². The minimum Gasteiger partial charge on any atom is -0.482 e. The van der Waals surface area contributed by atoms with E-state index in [1.165, 1.54) is 0 Å². The Morgan fingerprint density at radius 3 is 2.43 bits per heavy atom. The van der Waals surface area contributed by atoms with Gasteiger partial charge in [-0.05, 0) is 41.8 Å². The molecule has 0 heterocycles. The molecule has 35 heavy (non-hydrogen) atoms. The van der Waals surface area contributed by atoms with Crippen LogP contribution in [0.3, 0.4) is 0 Å². The van der Waals surface area contributed by atoms with Crippen LogP contribution in [0.2, 0.25) is 5.02 Å². The SMILES string of the molecule is CCCCNC(=O)C(Cc1ccccc1)N(Cc1cccc(Br)c1)C(=O)COc1ccccc1Cl. The van der Waals surface area contributed by atoms with E-state index in [1.54, 1.807) is 29.2 Å². The van der Waals surface area contributed by atoms with E-state index >= 15 is 0 Å². The number of carbonyl (C=O) groups excluding carboxylic acids is 2. The van der Waals surface area contributed by atoms with Gasteiger partial charge in [0.05, 0.1) is 5.02 Å².